The van der Waals surface area contributed by atoms with E-state index < -0.39 is 0 Å². The molecule has 0 bridgehead atoms. The molecule has 94 valence electrons. The smallest absolute Gasteiger partial charge is 0.236 e. The highest BCUT2D eigenvalue weighted by Gasteiger charge is 2.27. The Labute approximate surface area is 98.2 Å². The zero-order valence-electron chi connectivity index (χ0n) is 10.8. The van der Waals surface area contributed by atoms with Crippen LogP contribution in [0.15, 0.2) is 0 Å². The summed E-state index contributed by atoms with van der Waals surface area (Å²) in [7, 11) is 1.84. The van der Waals surface area contributed by atoms with Crippen LogP contribution in [-0.2, 0) is 4.79 Å². The van der Waals surface area contributed by atoms with Crippen molar-refractivity contribution >= 4 is 5.91 Å². The predicted octanol–water partition coefficient (Wildman–Crippen LogP) is 0.556. The molecule has 1 saturated heterocycles. The lowest BCUT2D eigenvalue weighted by molar-refractivity contribution is -0.132. The van der Waals surface area contributed by atoms with Gasteiger partial charge in [0.15, 0.2) is 0 Å². The fraction of sp³-hybridized carbons (Fsp3) is 0.917. The Morgan fingerprint density at radius 1 is 1.50 bits per heavy atom. The van der Waals surface area contributed by atoms with Crippen molar-refractivity contribution in [2.24, 2.45) is 5.92 Å². The van der Waals surface area contributed by atoms with Gasteiger partial charge in [0.1, 0.15) is 0 Å². The number of rotatable bonds is 4. The fourth-order valence-corrected chi connectivity index (χ4v) is 1.99. The highest BCUT2D eigenvalue weighted by molar-refractivity contribution is 5.78. The van der Waals surface area contributed by atoms with Gasteiger partial charge in [-0.25, -0.2) is 0 Å². The van der Waals surface area contributed by atoms with Crippen LogP contribution in [0.3, 0.4) is 0 Å². The first-order valence-electron chi connectivity index (χ1n) is 6.08. The van der Waals surface area contributed by atoms with Gasteiger partial charge in [-0.05, 0) is 39.7 Å². The highest BCUT2D eigenvalue weighted by Crippen LogP contribution is 2.19. The van der Waals surface area contributed by atoms with Crippen LogP contribution in [0.25, 0.3) is 0 Å². The standard InChI is InChI=1S/C12H24N2O2/c1-9(2)13(4)12(16)8-14-6-5-11(7-14)10(3)15/h9-11,15H,5-8H2,1-4H3. The Morgan fingerprint density at radius 2 is 2.12 bits per heavy atom. The number of aliphatic hydroxyl groups excluding tert-OH is 1. The van der Waals surface area contributed by atoms with Gasteiger partial charge >= 0.3 is 0 Å². The zero-order chi connectivity index (χ0) is 12.3. The van der Waals surface area contributed by atoms with Crippen molar-refractivity contribution in [3.8, 4) is 0 Å². The van der Waals surface area contributed by atoms with E-state index in [0.717, 1.165) is 19.5 Å². The summed E-state index contributed by atoms with van der Waals surface area (Å²) in [5.74, 6) is 0.499. The average molecular weight is 228 g/mol. The molecule has 0 spiro atoms. The molecule has 0 aliphatic carbocycles. The van der Waals surface area contributed by atoms with Gasteiger partial charge < -0.3 is 10.0 Å². The van der Waals surface area contributed by atoms with Crippen LogP contribution >= 0.6 is 0 Å². The monoisotopic (exact) mass is 228 g/mol. The number of carbonyl (C=O) groups excluding carboxylic acids is 1. The molecule has 1 fully saturated rings. The summed E-state index contributed by atoms with van der Waals surface area (Å²) in [6, 6.07) is 0.252. The van der Waals surface area contributed by atoms with E-state index in [0.29, 0.717) is 12.5 Å². The van der Waals surface area contributed by atoms with Gasteiger partial charge in [-0.15, -0.1) is 0 Å². The minimum atomic E-state index is -0.261. The van der Waals surface area contributed by atoms with Crippen molar-refractivity contribution in [1.29, 1.82) is 0 Å². The van der Waals surface area contributed by atoms with E-state index in [1.165, 1.54) is 0 Å². The molecule has 1 aliphatic heterocycles. The minimum Gasteiger partial charge on any atom is -0.393 e. The molecule has 0 aromatic rings. The summed E-state index contributed by atoms with van der Waals surface area (Å²) in [6.07, 6.45) is 0.735. The lowest BCUT2D eigenvalue weighted by Gasteiger charge is -2.24. The largest absolute Gasteiger partial charge is 0.393 e. The maximum atomic E-state index is 11.8. The summed E-state index contributed by atoms with van der Waals surface area (Å²) in [5, 5.41) is 9.48. The third-order valence-electron chi connectivity index (χ3n) is 3.52. The molecular weight excluding hydrogens is 204 g/mol. The van der Waals surface area contributed by atoms with Gasteiger partial charge in [0, 0.05) is 19.6 Å². The summed E-state index contributed by atoms with van der Waals surface area (Å²) >= 11 is 0. The van der Waals surface area contributed by atoms with Gasteiger partial charge in [0.05, 0.1) is 12.6 Å². The van der Waals surface area contributed by atoms with E-state index in [9.17, 15) is 9.90 Å². The van der Waals surface area contributed by atoms with Crippen LogP contribution in [0.4, 0.5) is 0 Å². The maximum Gasteiger partial charge on any atom is 0.236 e. The molecule has 2 unspecified atom stereocenters. The summed E-state index contributed by atoms with van der Waals surface area (Å²) < 4.78 is 0. The number of likely N-dealkylation sites (N-methyl/N-ethyl adjacent to an activating group) is 1. The van der Waals surface area contributed by atoms with Crippen molar-refractivity contribution in [2.75, 3.05) is 26.7 Å². The lowest BCUT2D eigenvalue weighted by atomic mass is 10.0. The topological polar surface area (TPSA) is 43.8 Å². The predicted molar refractivity (Wildman–Crippen MR) is 64.1 cm³/mol. The second-order valence-corrected chi connectivity index (χ2v) is 5.12. The van der Waals surface area contributed by atoms with Crippen molar-refractivity contribution in [2.45, 2.75) is 39.3 Å². The average Bonchev–Trinajstić information content (AvgIpc) is 2.64. The van der Waals surface area contributed by atoms with Crippen LogP contribution in [-0.4, -0.2) is 59.6 Å². The van der Waals surface area contributed by atoms with Gasteiger partial charge in [0.2, 0.25) is 5.91 Å². The number of amides is 1. The Kier molecular flexibility index (Phi) is 4.74. The Balaban J connectivity index is 2.37. The van der Waals surface area contributed by atoms with Crippen LogP contribution in [0.5, 0.6) is 0 Å². The fourth-order valence-electron chi connectivity index (χ4n) is 1.99. The Hall–Kier alpha value is -0.610. The van der Waals surface area contributed by atoms with Crippen LogP contribution < -0.4 is 0 Å². The molecule has 0 saturated carbocycles. The Bertz CT molecular complexity index is 241. The lowest BCUT2D eigenvalue weighted by Crippen LogP contribution is -2.41. The third kappa shape index (κ3) is 3.46. The third-order valence-corrected chi connectivity index (χ3v) is 3.52. The molecule has 1 heterocycles. The number of nitrogens with zero attached hydrogens (tertiary/aromatic N) is 2. The van der Waals surface area contributed by atoms with Crippen molar-refractivity contribution in [3.63, 3.8) is 0 Å². The zero-order valence-corrected chi connectivity index (χ0v) is 10.8. The molecule has 4 heteroatoms. The molecule has 1 aliphatic rings. The van der Waals surface area contributed by atoms with E-state index in [-0.39, 0.29) is 18.1 Å². The molecule has 4 nitrogen and oxygen atoms in total. The highest BCUT2D eigenvalue weighted by atomic mass is 16.3. The molecule has 16 heavy (non-hydrogen) atoms. The second kappa shape index (κ2) is 5.64. The molecule has 0 aromatic heterocycles. The van der Waals surface area contributed by atoms with Gasteiger partial charge in [-0.1, -0.05) is 0 Å². The van der Waals surface area contributed by atoms with Crippen LogP contribution in [0.2, 0.25) is 0 Å². The second-order valence-electron chi connectivity index (χ2n) is 5.12. The van der Waals surface area contributed by atoms with Gasteiger partial charge in [-0.3, -0.25) is 9.69 Å². The summed E-state index contributed by atoms with van der Waals surface area (Å²) in [6.45, 7) is 8.11. The molecule has 1 amide bonds. The van der Waals surface area contributed by atoms with Gasteiger partial charge in [-0.2, -0.15) is 0 Å². The molecule has 1 N–H and O–H groups in total. The van der Waals surface area contributed by atoms with Crippen molar-refractivity contribution in [3.05, 3.63) is 0 Å². The van der Waals surface area contributed by atoms with Crippen LogP contribution in [0, 0.1) is 5.92 Å². The first-order chi connectivity index (χ1) is 7.41. The molecule has 2 atom stereocenters. The minimum absolute atomic E-state index is 0.168. The molecule has 0 aromatic carbocycles. The number of hydrogen-bond donors (Lipinski definition) is 1. The number of likely N-dealkylation sites (tertiary alicyclic amines) is 1. The summed E-state index contributed by atoms with van der Waals surface area (Å²) in [4.78, 5) is 15.7. The van der Waals surface area contributed by atoms with Crippen molar-refractivity contribution in [1.82, 2.24) is 9.80 Å². The first kappa shape index (κ1) is 13.5. The van der Waals surface area contributed by atoms with E-state index in [1.807, 2.05) is 27.8 Å². The van der Waals surface area contributed by atoms with Crippen LogP contribution in [0.1, 0.15) is 27.2 Å². The van der Waals surface area contributed by atoms with Gasteiger partial charge in [0.25, 0.3) is 0 Å². The van der Waals surface area contributed by atoms with E-state index in [1.54, 1.807) is 4.90 Å². The number of carbonyl (C=O) groups is 1. The van der Waals surface area contributed by atoms with E-state index in [4.69, 9.17) is 0 Å². The molecule has 0 radical (unpaired) electrons. The molecular formula is C12H24N2O2. The quantitative estimate of drug-likeness (QED) is 0.764. The molecule has 1 rings (SSSR count). The Morgan fingerprint density at radius 3 is 2.56 bits per heavy atom. The summed E-state index contributed by atoms with van der Waals surface area (Å²) in [5.41, 5.74) is 0. The van der Waals surface area contributed by atoms with Crippen molar-refractivity contribution < 1.29 is 9.90 Å². The first-order valence-corrected chi connectivity index (χ1v) is 6.08. The maximum absolute atomic E-state index is 11.8. The SMILES string of the molecule is CC(O)C1CCN(CC(=O)N(C)C(C)C)C1. The number of aliphatic hydroxyl groups is 1. The van der Waals surface area contributed by atoms with E-state index >= 15 is 0 Å². The number of hydrogen-bond acceptors (Lipinski definition) is 3. The van der Waals surface area contributed by atoms with E-state index in [2.05, 4.69) is 4.90 Å². The normalized spacial score (nSPS) is 23.8.